The van der Waals surface area contributed by atoms with Crippen LogP contribution in [0.5, 0.6) is 0 Å². The summed E-state index contributed by atoms with van der Waals surface area (Å²) in [4.78, 5) is 2.41. The summed E-state index contributed by atoms with van der Waals surface area (Å²) in [5.74, 6) is 0.880. The van der Waals surface area contributed by atoms with Gasteiger partial charge in [0, 0.05) is 24.8 Å². The summed E-state index contributed by atoms with van der Waals surface area (Å²) in [6, 6.07) is 9.34. The van der Waals surface area contributed by atoms with Crippen LogP contribution in [0.2, 0.25) is 0 Å². The third kappa shape index (κ3) is 2.63. The Labute approximate surface area is 105 Å². The molecule has 2 heteroatoms. The van der Waals surface area contributed by atoms with Crippen LogP contribution in [0.1, 0.15) is 44.7 Å². The standard InChI is InChI=1S/C15H24N2/c1-4-14(16)13-7-5-6-8-15(13)17(3)11(2)12-9-10-12/h5-8,11-12,14H,4,9-10,16H2,1-3H3/t11?,14-/m1/s1. The number of anilines is 1. The van der Waals surface area contributed by atoms with Gasteiger partial charge in [-0.05, 0) is 43.7 Å². The van der Waals surface area contributed by atoms with E-state index >= 15 is 0 Å². The second kappa shape index (κ2) is 5.09. The molecule has 0 amide bonds. The van der Waals surface area contributed by atoms with Gasteiger partial charge in [-0.15, -0.1) is 0 Å². The third-order valence-corrected chi connectivity index (χ3v) is 4.07. The lowest BCUT2D eigenvalue weighted by Crippen LogP contribution is -2.32. The van der Waals surface area contributed by atoms with Gasteiger partial charge in [-0.2, -0.15) is 0 Å². The molecule has 1 aliphatic rings. The number of hydrogen-bond donors (Lipinski definition) is 1. The average molecular weight is 232 g/mol. The van der Waals surface area contributed by atoms with Gasteiger partial charge in [0.25, 0.3) is 0 Å². The SMILES string of the molecule is CC[C@@H](N)c1ccccc1N(C)C(C)C1CC1. The van der Waals surface area contributed by atoms with E-state index in [9.17, 15) is 0 Å². The molecule has 1 aromatic carbocycles. The van der Waals surface area contributed by atoms with Crippen molar-refractivity contribution in [3.05, 3.63) is 29.8 Å². The number of nitrogens with zero attached hydrogens (tertiary/aromatic N) is 1. The third-order valence-electron chi connectivity index (χ3n) is 4.07. The highest BCUT2D eigenvalue weighted by atomic mass is 15.1. The summed E-state index contributed by atoms with van der Waals surface area (Å²) in [6.07, 6.45) is 3.75. The molecule has 0 radical (unpaired) electrons. The lowest BCUT2D eigenvalue weighted by atomic mass is 10.0. The fraction of sp³-hybridized carbons (Fsp3) is 0.600. The van der Waals surface area contributed by atoms with Crippen LogP contribution < -0.4 is 10.6 Å². The van der Waals surface area contributed by atoms with Crippen molar-refractivity contribution in [3.63, 3.8) is 0 Å². The molecule has 1 fully saturated rings. The molecule has 2 N–H and O–H groups in total. The van der Waals surface area contributed by atoms with Crippen LogP contribution in [0.15, 0.2) is 24.3 Å². The van der Waals surface area contributed by atoms with Crippen molar-refractivity contribution < 1.29 is 0 Å². The highest BCUT2D eigenvalue weighted by molar-refractivity contribution is 5.55. The summed E-state index contributed by atoms with van der Waals surface area (Å²) >= 11 is 0. The number of nitrogens with two attached hydrogens (primary N) is 1. The monoisotopic (exact) mass is 232 g/mol. The van der Waals surface area contributed by atoms with Gasteiger partial charge in [-0.1, -0.05) is 25.1 Å². The maximum Gasteiger partial charge on any atom is 0.0414 e. The van der Waals surface area contributed by atoms with Crippen molar-refractivity contribution in [1.29, 1.82) is 0 Å². The van der Waals surface area contributed by atoms with Crippen LogP contribution in [0.3, 0.4) is 0 Å². The van der Waals surface area contributed by atoms with Crippen LogP contribution in [0.25, 0.3) is 0 Å². The number of benzene rings is 1. The first-order chi connectivity index (χ1) is 8.15. The van der Waals surface area contributed by atoms with Gasteiger partial charge in [0.05, 0.1) is 0 Å². The quantitative estimate of drug-likeness (QED) is 0.843. The van der Waals surface area contributed by atoms with Crippen LogP contribution in [-0.4, -0.2) is 13.1 Å². The van der Waals surface area contributed by atoms with Crippen molar-refractivity contribution in [2.24, 2.45) is 11.7 Å². The smallest absolute Gasteiger partial charge is 0.0414 e. The van der Waals surface area contributed by atoms with E-state index in [4.69, 9.17) is 5.73 Å². The van der Waals surface area contributed by atoms with E-state index in [0.717, 1.165) is 12.3 Å². The van der Waals surface area contributed by atoms with Crippen LogP contribution in [0.4, 0.5) is 5.69 Å². The summed E-state index contributed by atoms with van der Waals surface area (Å²) in [6.45, 7) is 4.47. The molecule has 0 saturated heterocycles. The maximum absolute atomic E-state index is 6.20. The summed E-state index contributed by atoms with van der Waals surface area (Å²) < 4.78 is 0. The van der Waals surface area contributed by atoms with Gasteiger partial charge >= 0.3 is 0 Å². The molecule has 17 heavy (non-hydrogen) atoms. The summed E-state index contributed by atoms with van der Waals surface area (Å²) in [5, 5.41) is 0. The van der Waals surface area contributed by atoms with Crippen molar-refractivity contribution in [2.75, 3.05) is 11.9 Å². The number of para-hydroxylation sites is 1. The van der Waals surface area contributed by atoms with Gasteiger partial charge < -0.3 is 10.6 Å². The largest absolute Gasteiger partial charge is 0.371 e. The molecule has 2 rings (SSSR count). The zero-order valence-electron chi connectivity index (χ0n) is 11.2. The molecule has 1 aromatic rings. The lowest BCUT2D eigenvalue weighted by molar-refractivity contribution is 0.601. The Bertz CT molecular complexity index is 371. The molecule has 0 bridgehead atoms. The van der Waals surface area contributed by atoms with E-state index in [-0.39, 0.29) is 6.04 Å². The predicted molar refractivity (Wildman–Crippen MR) is 74.3 cm³/mol. The Balaban J connectivity index is 2.23. The van der Waals surface area contributed by atoms with Crippen LogP contribution >= 0.6 is 0 Å². The predicted octanol–water partition coefficient (Wildman–Crippen LogP) is 3.33. The van der Waals surface area contributed by atoms with E-state index in [1.165, 1.54) is 24.1 Å². The molecular weight excluding hydrogens is 208 g/mol. The minimum Gasteiger partial charge on any atom is -0.371 e. The molecule has 0 aliphatic heterocycles. The van der Waals surface area contributed by atoms with E-state index in [2.05, 4.69) is 50.1 Å². The normalized spacial score (nSPS) is 18.8. The summed E-state index contributed by atoms with van der Waals surface area (Å²) in [7, 11) is 2.20. The molecule has 1 saturated carbocycles. The Hall–Kier alpha value is -1.02. The number of rotatable bonds is 5. The van der Waals surface area contributed by atoms with E-state index < -0.39 is 0 Å². The Morgan fingerprint density at radius 1 is 1.35 bits per heavy atom. The molecule has 0 spiro atoms. The van der Waals surface area contributed by atoms with Gasteiger partial charge in [0.15, 0.2) is 0 Å². The molecule has 94 valence electrons. The minimum absolute atomic E-state index is 0.153. The molecule has 1 unspecified atom stereocenters. The Morgan fingerprint density at radius 3 is 2.59 bits per heavy atom. The minimum atomic E-state index is 0.153. The van der Waals surface area contributed by atoms with E-state index in [1.54, 1.807) is 0 Å². The second-order valence-corrected chi connectivity index (χ2v) is 5.26. The van der Waals surface area contributed by atoms with E-state index in [0.29, 0.717) is 6.04 Å². The van der Waals surface area contributed by atoms with Crippen molar-refractivity contribution in [1.82, 2.24) is 0 Å². The molecule has 2 atom stereocenters. The van der Waals surface area contributed by atoms with Gasteiger partial charge in [0.2, 0.25) is 0 Å². The average Bonchev–Trinajstić information content (AvgIpc) is 3.20. The second-order valence-electron chi connectivity index (χ2n) is 5.26. The Kier molecular flexibility index (Phi) is 3.72. The van der Waals surface area contributed by atoms with Gasteiger partial charge in [0.1, 0.15) is 0 Å². The summed E-state index contributed by atoms with van der Waals surface area (Å²) in [5.41, 5.74) is 8.79. The highest BCUT2D eigenvalue weighted by Gasteiger charge is 2.31. The molecular formula is C15H24N2. The molecule has 0 aromatic heterocycles. The van der Waals surface area contributed by atoms with Crippen molar-refractivity contribution >= 4 is 5.69 Å². The fourth-order valence-electron chi connectivity index (χ4n) is 2.46. The van der Waals surface area contributed by atoms with Crippen molar-refractivity contribution in [3.8, 4) is 0 Å². The van der Waals surface area contributed by atoms with Crippen LogP contribution in [-0.2, 0) is 0 Å². The molecule has 0 heterocycles. The fourth-order valence-corrected chi connectivity index (χ4v) is 2.46. The molecule has 1 aliphatic carbocycles. The van der Waals surface area contributed by atoms with Crippen molar-refractivity contribution in [2.45, 2.75) is 45.2 Å². The first-order valence-electron chi connectivity index (χ1n) is 6.72. The van der Waals surface area contributed by atoms with E-state index in [1.807, 2.05) is 0 Å². The Morgan fingerprint density at radius 2 is 2.00 bits per heavy atom. The van der Waals surface area contributed by atoms with Gasteiger partial charge in [-0.25, -0.2) is 0 Å². The lowest BCUT2D eigenvalue weighted by Gasteiger charge is -2.30. The zero-order valence-corrected chi connectivity index (χ0v) is 11.2. The molecule has 2 nitrogen and oxygen atoms in total. The topological polar surface area (TPSA) is 29.3 Å². The van der Waals surface area contributed by atoms with Crippen LogP contribution in [0, 0.1) is 5.92 Å². The number of hydrogen-bond acceptors (Lipinski definition) is 2. The maximum atomic E-state index is 6.20. The highest BCUT2D eigenvalue weighted by Crippen LogP contribution is 2.37. The zero-order chi connectivity index (χ0) is 12.4. The first kappa shape index (κ1) is 12.4. The first-order valence-corrected chi connectivity index (χ1v) is 6.72. The van der Waals surface area contributed by atoms with Gasteiger partial charge in [-0.3, -0.25) is 0 Å².